The zero-order valence-electron chi connectivity index (χ0n) is 13.2. The molecule has 1 N–H and O–H groups in total. The number of aromatic hydroxyl groups is 1. The van der Waals surface area contributed by atoms with E-state index in [1.165, 1.54) is 6.20 Å². The molecular formula is C18H16N4O2. The molecule has 3 aromatic rings. The largest absolute Gasteiger partial charge is 0.493 e. The summed E-state index contributed by atoms with van der Waals surface area (Å²) < 4.78 is 1.77. The average molecular weight is 320 g/mol. The van der Waals surface area contributed by atoms with Gasteiger partial charge in [-0.1, -0.05) is 24.3 Å². The Hall–Kier alpha value is -3.15. The highest BCUT2D eigenvalue weighted by molar-refractivity contribution is 6.00. The second kappa shape index (κ2) is 5.49. The lowest BCUT2D eigenvalue weighted by Gasteiger charge is -2.15. The number of benzene rings is 1. The van der Waals surface area contributed by atoms with Gasteiger partial charge in [-0.25, -0.2) is 4.98 Å². The van der Waals surface area contributed by atoms with E-state index in [-0.39, 0.29) is 11.8 Å². The summed E-state index contributed by atoms with van der Waals surface area (Å²) in [5.41, 5.74) is 4.13. The first-order chi connectivity index (χ1) is 11.6. The standard InChI is InChI=1S/C18H16N4O2/c1-21-9-7-15(20-21)13-4-2-12(3-5-13)10-22-11-14-6-8-19-17(23)16(14)18(22)24/h2-9H,10-11H2,1H3,(H,19,23). The van der Waals surface area contributed by atoms with E-state index in [1.54, 1.807) is 15.6 Å². The normalized spacial score (nSPS) is 13.4. The van der Waals surface area contributed by atoms with E-state index >= 15 is 0 Å². The summed E-state index contributed by atoms with van der Waals surface area (Å²) >= 11 is 0. The van der Waals surface area contributed by atoms with E-state index in [4.69, 9.17) is 0 Å². The number of carbonyl (C=O) groups is 1. The van der Waals surface area contributed by atoms with Gasteiger partial charge in [-0.15, -0.1) is 0 Å². The topological polar surface area (TPSA) is 71.2 Å². The van der Waals surface area contributed by atoms with Crippen LogP contribution in [0.1, 0.15) is 21.5 Å². The number of aryl methyl sites for hydroxylation is 1. The lowest BCUT2D eigenvalue weighted by atomic mass is 10.1. The number of carbonyl (C=O) groups excluding carboxylic acids is 1. The summed E-state index contributed by atoms with van der Waals surface area (Å²) in [7, 11) is 1.89. The maximum absolute atomic E-state index is 12.4. The molecule has 1 aliphatic heterocycles. The van der Waals surface area contributed by atoms with Crippen LogP contribution in [0.4, 0.5) is 0 Å². The number of hydrogen-bond donors (Lipinski definition) is 1. The van der Waals surface area contributed by atoms with Gasteiger partial charge in [0.1, 0.15) is 5.56 Å². The molecule has 0 radical (unpaired) electrons. The van der Waals surface area contributed by atoms with Gasteiger partial charge in [0.25, 0.3) is 5.91 Å². The number of fused-ring (bicyclic) bond motifs is 1. The minimum atomic E-state index is -0.189. The molecule has 6 heteroatoms. The average Bonchev–Trinajstić information content (AvgIpc) is 3.13. The molecule has 0 spiro atoms. The smallest absolute Gasteiger partial charge is 0.260 e. The van der Waals surface area contributed by atoms with Crippen LogP contribution in [0.5, 0.6) is 5.88 Å². The van der Waals surface area contributed by atoms with Gasteiger partial charge in [0.2, 0.25) is 5.88 Å². The number of pyridine rings is 1. The molecule has 1 aliphatic rings. The molecule has 0 bridgehead atoms. The molecule has 3 heterocycles. The molecule has 1 amide bonds. The monoisotopic (exact) mass is 320 g/mol. The van der Waals surface area contributed by atoms with E-state index in [2.05, 4.69) is 10.1 Å². The summed E-state index contributed by atoms with van der Waals surface area (Å²) in [6.07, 6.45) is 3.43. The molecule has 2 aromatic heterocycles. The first-order valence-corrected chi connectivity index (χ1v) is 7.67. The fourth-order valence-corrected chi connectivity index (χ4v) is 2.99. The van der Waals surface area contributed by atoms with Crippen molar-refractivity contribution in [3.05, 3.63) is 65.5 Å². The van der Waals surface area contributed by atoms with E-state index in [0.717, 1.165) is 22.4 Å². The second-order valence-corrected chi connectivity index (χ2v) is 5.90. The molecular weight excluding hydrogens is 304 g/mol. The summed E-state index contributed by atoms with van der Waals surface area (Å²) in [5.74, 6) is -0.366. The van der Waals surface area contributed by atoms with Crippen molar-refractivity contribution in [1.29, 1.82) is 0 Å². The van der Waals surface area contributed by atoms with Crippen molar-refractivity contribution >= 4 is 5.91 Å². The number of amides is 1. The lowest BCUT2D eigenvalue weighted by Crippen LogP contribution is -2.23. The van der Waals surface area contributed by atoms with Gasteiger partial charge in [-0.05, 0) is 23.3 Å². The molecule has 0 aliphatic carbocycles. The highest BCUT2D eigenvalue weighted by Gasteiger charge is 2.30. The van der Waals surface area contributed by atoms with Crippen LogP contribution in [-0.4, -0.2) is 30.7 Å². The zero-order chi connectivity index (χ0) is 16.7. The van der Waals surface area contributed by atoms with Gasteiger partial charge in [0.15, 0.2) is 0 Å². The molecule has 6 nitrogen and oxygen atoms in total. The molecule has 24 heavy (non-hydrogen) atoms. The van der Waals surface area contributed by atoms with E-state index in [1.807, 2.05) is 43.6 Å². The summed E-state index contributed by atoms with van der Waals surface area (Å²) in [6, 6.07) is 11.7. The van der Waals surface area contributed by atoms with Crippen molar-refractivity contribution < 1.29 is 9.90 Å². The summed E-state index contributed by atoms with van der Waals surface area (Å²) in [5, 5.41) is 14.2. The van der Waals surface area contributed by atoms with Gasteiger partial charge in [-0.3, -0.25) is 9.48 Å². The highest BCUT2D eigenvalue weighted by atomic mass is 16.3. The van der Waals surface area contributed by atoms with Gasteiger partial charge < -0.3 is 10.0 Å². The van der Waals surface area contributed by atoms with Crippen molar-refractivity contribution in [2.45, 2.75) is 13.1 Å². The third-order valence-electron chi connectivity index (χ3n) is 4.22. The minimum Gasteiger partial charge on any atom is -0.493 e. The van der Waals surface area contributed by atoms with Crippen LogP contribution < -0.4 is 0 Å². The maximum Gasteiger partial charge on any atom is 0.260 e. The molecule has 0 atom stereocenters. The van der Waals surface area contributed by atoms with Crippen LogP contribution in [0.15, 0.2) is 48.8 Å². The Labute approximate surface area is 139 Å². The number of nitrogens with zero attached hydrogens (tertiary/aromatic N) is 4. The molecule has 0 unspecified atom stereocenters. The van der Waals surface area contributed by atoms with E-state index in [0.29, 0.717) is 18.7 Å². The first kappa shape index (κ1) is 14.4. The van der Waals surface area contributed by atoms with Crippen LogP contribution >= 0.6 is 0 Å². The predicted molar refractivity (Wildman–Crippen MR) is 88.1 cm³/mol. The van der Waals surface area contributed by atoms with Gasteiger partial charge in [0.05, 0.1) is 5.69 Å². The number of aromatic nitrogens is 3. The van der Waals surface area contributed by atoms with Crippen molar-refractivity contribution in [2.75, 3.05) is 0 Å². The molecule has 4 rings (SSSR count). The Morgan fingerprint density at radius 1 is 1.17 bits per heavy atom. The predicted octanol–water partition coefficient (Wildman–Crippen LogP) is 2.34. The number of hydrogen-bond acceptors (Lipinski definition) is 4. The van der Waals surface area contributed by atoms with Gasteiger partial charge in [-0.2, -0.15) is 5.10 Å². The zero-order valence-corrected chi connectivity index (χ0v) is 13.2. The molecule has 1 aromatic carbocycles. The fourth-order valence-electron chi connectivity index (χ4n) is 2.99. The van der Waals surface area contributed by atoms with Crippen LogP contribution in [0.2, 0.25) is 0 Å². The van der Waals surface area contributed by atoms with E-state index in [9.17, 15) is 9.90 Å². The minimum absolute atomic E-state index is 0.176. The summed E-state index contributed by atoms with van der Waals surface area (Å²) in [6.45, 7) is 0.988. The Bertz CT molecular complexity index is 915. The van der Waals surface area contributed by atoms with Crippen molar-refractivity contribution in [3.63, 3.8) is 0 Å². The Kier molecular flexibility index (Phi) is 3.30. The van der Waals surface area contributed by atoms with Crippen LogP contribution in [0, 0.1) is 0 Å². The molecule has 0 saturated heterocycles. The molecule has 0 fully saturated rings. The molecule has 120 valence electrons. The van der Waals surface area contributed by atoms with Crippen molar-refractivity contribution in [3.8, 4) is 17.1 Å². The van der Waals surface area contributed by atoms with Crippen LogP contribution in [-0.2, 0) is 20.1 Å². The lowest BCUT2D eigenvalue weighted by molar-refractivity contribution is 0.0764. The molecule has 0 saturated carbocycles. The maximum atomic E-state index is 12.4. The second-order valence-electron chi connectivity index (χ2n) is 5.90. The number of rotatable bonds is 3. The van der Waals surface area contributed by atoms with Crippen LogP contribution in [0.25, 0.3) is 11.3 Å². The third-order valence-corrected chi connectivity index (χ3v) is 4.22. The SMILES string of the molecule is Cn1ccc(-c2ccc(CN3Cc4ccnc(O)c4C3=O)cc2)n1. The van der Waals surface area contributed by atoms with Gasteiger partial charge in [0, 0.05) is 38.1 Å². The Balaban J connectivity index is 1.53. The van der Waals surface area contributed by atoms with Crippen molar-refractivity contribution in [1.82, 2.24) is 19.7 Å². The first-order valence-electron chi connectivity index (χ1n) is 7.67. The van der Waals surface area contributed by atoms with Gasteiger partial charge >= 0.3 is 0 Å². The Morgan fingerprint density at radius 2 is 1.96 bits per heavy atom. The quantitative estimate of drug-likeness (QED) is 0.804. The Morgan fingerprint density at radius 3 is 2.62 bits per heavy atom. The fraction of sp³-hybridized carbons (Fsp3) is 0.167. The van der Waals surface area contributed by atoms with Crippen molar-refractivity contribution in [2.24, 2.45) is 7.05 Å². The summed E-state index contributed by atoms with van der Waals surface area (Å²) in [4.78, 5) is 17.9. The van der Waals surface area contributed by atoms with E-state index < -0.39 is 0 Å². The highest BCUT2D eigenvalue weighted by Crippen LogP contribution is 2.29. The third kappa shape index (κ3) is 2.42. The van der Waals surface area contributed by atoms with Crippen LogP contribution in [0.3, 0.4) is 0 Å².